The van der Waals surface area contributed by atoms with Gasteiger partial charge in [-0.25, -0.2) is 14.8 Å². The molecule has 7 nitrogen and oxygen atoms in total. The summed E-state index contributed by atoms with van der Waals surface area (Å²) in [7, 11) is 1.26. The quantitative estimate of drug-likeness (QED) is 0.820. The van der Waals surface area contributed by atoms with Crippen LogP contribution in [0.4, 0.5) is 5.82 Å². The van der Waals surface area contributed by atoms with Gasteiger partial charge in [0, 0.05) is 19.3 Å². The van der Waals surface area contributed by atoms with Crippen molar-refractivity contribution in [3.63, 3.8) is 0 Å². The lowest BCUT2D eigenvalue weighted by atomic mass is 9.84. The molecule has 1 atom stereocenters. The molecule has 0 amide bonds. The van der Waals surface area contributed by atoms with Crippen LogP contribution in [0.3, 0.4) is 0 Å². The maximum absolute atomic E-state index is 11.4. The molecule has 108 valence electrons. The highest BCUT2D eigenvalue weighted by atomic mass is 16.5. The van der Waals surface area contributed by atoms with Crippen LogP contribution in [0.1, 0.15) is 30.4 Å². The molecule has 1 aliphatic heterocycles. The number of hydrogen-bond donors (Lipinski definition) is 1. The maximum atomic E-state index is 11.4. The molecule has 1 aromatic heterocycles. The standard InChI is InChI=1S/C13H17N3O4/c1-3-13(12(18)19)5-7-16(8-13)9-4-6-14-10(15-9)11(17)20-2/h4,6H,3,5,7-8H2,1-2H3,(H,18,19). The van der Waals surface area contributed by atoms with E-state index in [1.54, 1.807) is 6.07 Å². The van der Waals surface area contributed by atoms with Crippen LogP contribution in [-0.2, 0) is 9.53 Å². The van der Waals surface area contributed by atoms with Gasteiger partial charge in [-0.05, 0) is 18.9 Å². The van der Waals surface area contributed by atoms with Gasteiger partial charge in [0.25, 0.3) is 0 Å². The topological polar surface area (TPSA) is 92.6 Å². The number of carbonyl (C=O) groups excluding carboxylic acids is 1. The normalized spacial score (nSPS) is 21.8. The summed E-state index contributed by atoms with van der Waals surface area (Å²) < 4.78 is 4.58. The highest BCUT2D eigenvalue weighted by molar-refractivity contribution is 5.85. The number of carboxylic acid groups (broad SMARTS) is 1. The molecule has 7 heteroatoms. The number of aliphatic carboxylic acids is 1. The predicted octanol–water partition coefficient (Wildman–Crippen LogP) is 0.954. The molecule has 0 radical (unpaired) electrons. The fourth-order valence-corrected chi connectivity index (χ4v) is 2.40. The third-order valence-electron chi connectivity index (χ3n) is 3.82. The molecule has 1 aromatic rings. The molecule has 0 saturated carbocycles. The largest absolute Gasteiger partial charge is 0.481 e. The van der Waals surface area contributed by atoms with Crippen molar-refractivity contribution in [2.24, 2.45) is 5.41 Å². The van der Waals surface area contributed by atoms with Crippen molar-refractivity contribution in [3.05, 3.63) is 18.1 Å². The molecule has 0 spiro atoms. The van der Waals surface area contributed by atoms with Crippen LogP contribution in [0.5, 0.6) is 0 Å². The highest BCUT2D eigenvalue weighted by Gasteiger charge is 2.43. The lowest BCUT2D eigenvalue weighted by Crippen LogP contribution is -2.34. The minimum Gasteiger partial charge on any atom is -0.481 e. The van der Waals surface area contributed by atoms with E-state index in [-0.39, 0.29) is 5.82 Å². The Labute approximate surface area is 116 Å². The van der Waals surface area contributed by atoms with Crippen LogP contribution in [0.25, 0.3) is 0 Å². The van der Waals surface area contributed by atoms with Crippen molar-refractivity contribution in [1.29, 1.82) is 0 Å². The number of esters is 1. The van der Waals surface area contributed by atoms with Gasteiger partial charge in [-0.1, -0.05) is 6.92 Å². The number of hydrogen-bond acceptors (Lipinski definition) is 6. The molecule has 2 heterocycles. The van der Waals surface area contributed by atoms with Crippen LogP contribution < -0.4 is 4.90 Å². The van der Waals surface area contributed by atoms with E-state index < -0.39 is 17.4 Å². The Morgan fingerprint density at radius 3 is 2.85 bits per heavy atom. The summed E-state index contributed by atoms with van der Waals surface area (Å²) in [5.41, 5.74) is -0.740. The Kier molecular flexibility index (Phi) is 3.87. The molecule has 0 aliphatic carbocycles. The summed E-state index contributed by atoms with van der Waals surface area (Å²) in [4.78, 5) is 32.7. The number of carboxylic acids is 1. The van der Waals surface area contributed by atoms with E-state index in [4.69, 9.17) is 0 Å². The van der Waals surface area contributed by atoms with Gasteiger partial charge >= 0.3 is 11.9 Å². The number of nitrogens with zero attached hydrogens (tertiary/aromatic N) is 3. The van der Waals surface area contributed by atoms with Crippen LogP contribution in [0, 0.1) is 5.41 Å². The Hall–Kier alpha value is -2.18. The molecule has 1 aliphatic rings. The molecular formula is C13H17N3O4. The van der Waals surface area contributed by atoms with Crippen LogP contribution in [0.2, 0.25) is 0 Å². The van der Waals surface area contributed by atoms with Crippen LogP contribution in [-0.4, -0.2) is 47.2 Å². The first-order chi connectivity index (χ1) is 9.52. The second kappa shape index (κ2) is 5.44. The number of carbonyl (C=O) groups is 2. The van der Waals surface area contributed by atoms with Gasteiger partial charge in [0.1, 0.15) is 5.82 Å². The molecule has 1 unspecified atom stereocenters. The number of aromatic nitrogens is 2. The van der Waals surface area contributed by atoms with Crippen molar-refractivity contribution in [2.75, 3.05) is 25.1 Å². The summed E-state index contributed by atoms with van der Waals surface area (Å²) in [6.45, 7) is 2.85. The zero-order valence-corrected chi connectivity index (χ0v) is 11.5. The first-order valence-corrected chi connectivity index (χ1v) is 6.42. The molecule has 1 fully saturated rings. The van der Waals surface area contributed by atoms with Gasteiger partial charge in [0.15, 0.2) is 0 Å². The lowest BCUT2D eigenvalue weighted by Gasteiger charge is -2.23. The van der Waals surface area contributed by atoms with Gasteiger partial charge < -0.3 is 14.7 Å². The van der Waals surface area contributed by atoms with Gasteiger partial charge in [0.05, 0.1) is 12.5 Å². The minimum absolute atomic E-state index is 0.0191. The number of rotatable bonds is 4. The van der Waals surface area contributed by atoms with E-state index in [0.29, 0.717) is 31.7 Å². The van der Waals surface area contributed by atoms with Crippen molar-refractivity contribution < 1.29 is 19.4 Å². The average Bonchev–Trinajstić information content (AvgIpc) is 2.92. The van der Waals surface area contributed by atoms with Gasteiger partial charge in [-0.3, -0.25) is 4.79 Å². The van der Waals surface area contributed by atoms with Crippen molar-refractivity contribution in [2.45, 2.75) is 19.8 Å². The summed E-state index contributed by atoms with van der Waals surface area (Å²) in [6.07, 6.45) is 2.60. The molecule has 20 heavy (non-hydrogen) atoms. The van der Waals surface area contributed by atoms with E-state index in [1.807, 2.05) is 11.8 Å². The van der Waals surface area contributed by atoms with Crippen molar-refractivity contribution in [1.82, 2.24) is 9.97 Å². The Bertz CT molecular complexity index is 534. The highest BCUT2D eigenvalue weighted by Crippen LogP contribution is 2.35. The molecule has 1 saturated heterocycles. The summed E-state index contributed by atoms with van der Waals surface area (Å²) in [5.74, 6) is -0.859. The molecule has 0 bridgehead atoms. The van der Waals surface area contributed by atoms with Crippen molar-refractivity contribution in [3.8, 4) is 0 Å². The number of methoxy groups -OCH3 is 1. The third-order valence-corrected chi connectivity index (χ3v) is 3.82. The van der Waals surface area contributed by atoms with Gasteiger partial charge in [-0.2, -0.15) is 0 Å². The first kappa shape index (κ1) is 14.2. The Morgan fingerprint density at radius 1 is 1.55 bits per heavy atom. The monoisotopic (exact) mass is 279 g/mol. The molecule has 0 aromatic carbocycles. The van der Waals surface area contributed by atoms with E-state index in [0.717, 1.165) is 0 Å². The molecule has 1 N–H and O–H groups in total. The molecule has 2 rings (SSSR count). The summed E-state index contributed by atoms with van der Waals surface area (Å²) in [5, 5.41) is 9.38. The van der Waals surface area contributed by atoms with Gasteiger partial charge in [-0.15, -0.1) is 0 Å². The minimum atomic E-state index is -0.787. The SMILES string of the molecule is CCC1(C(=O)O)CCN(c2ccnc(C(=O)OC)n2)C1. The fraction of sp³-hybridized carbons (Fsp3) is 0.538. The zero-order chi connectivity index (χ0) is 14.8. The van der Waals surface area contributed by atoms with Gasteiger partial charge in [0.2, 0.25) is 5.82 Å². The third kappa shape index (κ3) is 2.43. The average molecular weight is 279 g/mol. The Balaban J connectivity index is 2.22. The predicted molar refractivity (Wildman–Crippen MR) is 70.6 cm³/mol. The zero-order valence-electron chi connectivity index (χ0n) is 11.5. The van der Waals surface area contributed by atoms with Crippen LogP contribution in [0.15, 0.2) is 12.3 Å². The van der Waals surface area contributed by atoms with E-state index in [2.05, 4.69) is 14.7 Å². The van der Waals surface area contributed by atoms with E-state index >= 15 is 0 Å². The Morgan fingerprint density at radius 2 is 2.30 bits per heavy atom. The van der Waals surface area contributed by atoms with Crippen LogP contribution >= 0.6 is 0 Å². The van der Waals surface area contributed by atoms with E-state index in [1.165, 1.54) is 13.3 Å². The lowest BCUT2D eigenvalue weighted by molar-refractivity contribution is -0.147. The second-order valence-corrected chi connectivity index (χ2v) is 4.84. The molecular weight excluding hydrogens is 262 g/mol. The number of anilines is 1. The second-order valence-electron chi connectivity index (χ2n) is 4.84. The maximum Gasteiger partial charge on any atom is 0.376 e. The number of ether oxygens (including phenoxy) is 1. The smallest absolute Gasteiger partial charge is 0.376 e. The fourth-order valence-electron chi connectivity index (χ4n) is 2.40. The summed E-state index contributed by atoms with van der Waals surface area (Å²) in [6, 6.07) is 1.67. The first-order valence-electron chi connectivity index (χ1n) is 6.42. The van der Waals surface area contributed by atoms with Crippen molar-refractivity contribution >= 4 is 17.8 Å². The summed E-state index contributed by atoms with van der Waals surface area (Å²) >= 11 is 0. The van der Waals surface area contributed by atoms with E-state index in [9.17, 15) is 14.7 Å².